The Balaban J connectivity index is 0.000000269. The summed E-state index contributed by atoms with van der Waals surface area (Å²) in [6.45, 7) is 0. The third kappa shape index (κ3) is 8.61. The summed E-state index contributed by atoms with van der Waals surface area (Å²) in [6.07, 6.45) is 3.60. The number of halogens is 2. The maximum Gasteiger partial charge on any atom is 2.00 e. The van der Waals surface area contributed by atoms with Crippen molar-refractivity contribution >= 4 is 56.9 Å². The van der Waals surface area contributed by atoms with Gasteiger partial charge in [-0.3, -0.25) is 9.97 Å². The van der Waals surface area contributed by atoms with Gasteiger partial charge in [-0.15, -0.1) is 0 Å². The van der Waals surface area contributed by atoms with Gasteiger partial charge in [0.15, 0.2) is 0 Å². The molecule has 0 aliphatic carbocycles. The number of rotatable bonds is 2. The zero-order valence-corrected chi connectivity index (χ0v) is 20.9. The molecular weight excluding hydrogens is 555 g/mol. The minimum atomic E-state index is -1.18. The Morgan fingerprint density at radius 3 is 1.22 bits per heavy atom. The van der Waals surface area contributed by atoms with Crippen LogP contribution in [-0.4, -0.2) is 21.9 Å². The number of hydrogen-bond acceptors (Lipinski definition) is 6. The van der Waals surface area contributed by atoms with Crippen molar-refractivity contribution < 1.29 is 42.3 Å². The molecule has 10 heteroatoms. The summed E-state index contributed by atoms with van der Waals surface area (Å²) < 4.78 is 0. The molecule has 7 nitrogen and oxygen atoms in total. The summed E-state index contributed by atoms with van der Waals surface area (Å²) in [5.41, 5.74) is 2.24. The van der Waals surface area contributed by atoms with Gasteiger partial charge in [-0.05, 0) is 47.5 Å². The zero-order valence-electron chi connectivity index (χ0n) is 18.4. The molecule has 0 aliphatic rings. The number of nitrogens with zero attached hydrogens (tertiary/aromatic N) is 2. The van der Waals surface area contributed by atoms with Crippen molar-refractivity contribution in [2.24, 2.45) is 0 Å². The van der Waals surface area contributed by atoms with Crippen molar-refractivity contribution in [3.05, 3.63) is 118 Å². The van der Waals surface area contributed by atoms with Crippen LogP contribution in [0.25, 0.3) is 21.8 Å². The largest absolute Gasteiger partial charge is 2.00 e. The fraction of sp³-hybridized carbons (Fsp3) is 0. The quantitative estimate of drug-likeness (QED) is 0.180. The van der Waals surface area contributed by atoms with E-state index in [0.717, 1.165) is 21.8 Å². The van der Waals surface area contributed by atoms with Crippen LogP contribution < -0.4 is 10.2 Å². The van der Waals surface area contributed by atoms with Crippen molar-refractivity contribution in [1.29, 1.82) is 0 Å². The number of carboxylic acids is 2. The van der Waals surface area contributed by atoms with Gasteiger partial charge >= 0.3 is 17.1 Å². The van der Waals surface area contributed by atoms with E-state index in [2.05, 4.69) is 34.2 Å². The topological polar surface area (TPSA) is 139 Å². The molecule has 0 atom stereocenters. The molecule has 2 heterocycles. The molecule has 187 valence electrons. The molecular formula is C26H19Cl2CuN2O5+. The molecule has 0 spiro atoms. The molecule has 3 N–H and O–H groups in total. The van der Waals surface area contributed by atoms with Gasteiger partial charge in [-0.25, -0.2) is 0 Å². The van der Waals surface area contributed by atoms with Gasteiger partial charge in [0.1, 0.15) is 0 Å². The van der Waals surface area contributed by atoms with E-state index >= 15 is 0 Å². The van der Waals surface area contributed by atoms with Crippen LogP contribution >= 0.6 is 23.2 Å². The Kier molecular flexibility index (Phi) is 12.5. The van der Waals surface area contributed by atoms with Crippen molar-refractivity contribution in [2.75, 3.05) is 0 Å². The number of benzene rings is 3. The zero-order chi connectivity index (χ0) is 24.5. The Bertz CT molecular complexity index is 1320. The Morgan fingerprint density at radius 1 is 0.583 bits per heavy atom. The van der Waals surface area contributed by atoms with Crippen LogP contribution in [0.4, 0.5) is 0 Å². The van der Waals surface area contributed by atoms with E-state index < -0.39 is 11.9 Å². The van der Waals surface area contributed by atoms with Crippen LogP contribution in [0, 0.1) is 0 Å². The third-order valence-corrected chi connectivity index (χ3v) is 5.01. The van der Waals surface area contributed by atoms with E-state index in [1.165, 1.54) is 48.5 Å². The predicted molar refractivity (Wildman–Crippen MR) is 133 cm³/mol. The smallest absolute Gasteiger partial charge is 0.545 e. The normalized spacial score (nSPS) is 9.39. The fourth-order valence-electron chi connectivity index (χ4n) is 2.85. The van der Waals surface area contributed by atoms with Crippen molar-refractivity contribution in [2.45, 2.75) is 0 Å². The number of aromatic carboxylic acids is 2. The van der Waals surface area contributed by atoms with E-state index in [0.29, 0.717) is 10.0 Å². The molecule has 0 amide bonds. The SMILES string of the molecule is O=C([O-])c1ccc(Cl)cc1.O=C([O-])c1ccc(Cl)cc1.[Cu+2].[OH3+].c1cnc2c(c1)ccc1cccnc12. The number of aromatic nitrogens is 2. The summed E-state index contributed by atoms with van der Waals surface area (Å²) >= 11 is 11.0. The van der Waals surface area contributed by atoms with Gasteiger partial charge in [0.2, 0.25) is 0 Å². The van der Waals surface area contributed by atoms with Gasteiger partial charge in [-0.2, -0.15) is 0 Å². The summed E-state index contributed by atoms with van der Waals surface area (Å²) in [4.78, 5) is 29.0. The van der Waals surface area contributed by atoms with E-state index in [-0.39, 0.29) is 33.7 Å². The van der Waals surface area contributed by atoms with Crippen LogP contribution in [0.3, 0.4) is 0 Å². The van der Waals surface area contributed by atoms with Gasteiger partial charge < -0.3 is 25.3 Å². The summed E-state index contributed by atoms with van der Waals surface area (Å²) in [7, 11) is 0. The van der Waals surface area contributed by atoms with Crippen LogP contribution in [0.2, 0.25) is 10.0 Å². The first-order chi connectivity index (χ1) is 16.3. The fourth-order valence-corrected chi connectivity index (χ4v) is 3.10. The van der Waals surface area contributed by atoms with Crippen LogP contribution in [-0.2, 0) is 22.5 Å². The number of pyridine rings is 2. The number of carbonyl (C=O) groups excluding carboxylic acids is 2. The standard InChI is InChI=1S/C12H8N2.2C7H5ClO2.Cu.H2O/c1-3-9-5-6-10-4-2-8-14-12(10)11(9)13-7-1;2*8-6-3-1-5(2-4-6)7(9)10;;/h1-8H;2*1-4H,(H,9,10);;1H2/q;;;+2;/p-1. The second-order valence-electron chi connectivity index (χ2n) is 6.80. The molecule has 0 aliphatic heterocycles. The minimum Gasteiger partial charge on any atom is -0.545 e. The van der Waals surface area contributed by atoms with Crippen molar-refractivity contribution in [3.8, 4) is 0 Å². The van der Waals surface area contributed by atoms with E-state index in [4.69, 9.17) is 23.2 Å². The molecule has 0 fully saturated rings. The Hall–Kier alpha value is -3.52. The predicted octanol–water partition coefficient (Wildman–Crippen LogP) is 3.27. The minimum absolute atomic E-state index is 0. The van der Waals surface area contributed by atoms with Gasteiger partial charge in [0.25, 0.3) is 0 Å². The summed E-state index contributed by atoms with van der Waals surface area (Å²) in [5.74, 6) is -2.37. The monoisotopic (exact) mass is 572 g/mol. The average Bonchev–Trinajstić information content (AvgIpc) is 2.85. The first kappa shape index (κ1) is 30.5. The second-order valence-corrected chi connectivity index (χ2v) is 7.68. The van der Waals surface area contributed by atoms with Crippen LogP contribution in [0.1, 0.15) is 20.7 Å². The van der Waals surface area contributed by atoms with Crippen molar-refractivity contribution in [3.63, 3.8) is 0 Å². The van der Waals surface area contributed by atoms with E-state index in [9.17, 15) is 19.8 Å². The Labute approximate surface area is 227 Å². The third-order valence-electron chi connectivity index (χ3n) is 4.50. The molecule has 0 bridgehead atoms. The molecule has 0 unspecified atom stereocenters. The summed E-state index contributed by atoms with van der Waals surface area (Å²) in [5, 5.41) is 23.6. The molecule has 0 saturated carbocycles. The average molecular weight is 574 g/mol. The van der Waals surface area contributed by atoms with E-state index in [1.54, 1.807) is 12.4 Å². The van der Waals surface area contributed by atoms with Gasteiger partial charge in [-0.1, -0.05) is 71.7 Å². The van der Waals surface area contributed by atoms with E-state index in [1.807, 2.05) is 12.1 Å². The molecule has 3 aromatic carbocycles. The first-order valence-electron chi connectivity index (χ1n) is 9.87. The number of hydrogen-bond donors (Lipinski definition) is 0. The number of carbonyl (C=O) groups is 2. The molecule has 5 rings (SSSR count). The molecule has 2 aromatic heterocycles. The van der Waals surface area contributed by atoms with Crippen LogP contribution in [0.5, 0.6) is 0 Å². The molecule has 5 aromatic rings. The second kappa shape index (κ2) is 14.8. The maximum atomic E-state index is 10.2. The van der Waals surface area contributed by atoms with Gasteiger partial charge in [0.05, 0.1) is 23.0 Å². The van der Waals surface area contributed by atoms with Crippen molar-refractivity contribution in [1.82, 2.24) is 9.97 Å². The maximum absolute atomic E-state index is 10.2. The number of carboxylic acid groups (broad SMARTS) is 2. The molecule has 36 heavy (non-hydrogen) atoms. The van der Waals surface area contributed by atoms with Gasteiger partial charge in [0, 0.05) is 33.2 Å². The number of fused-ring (bicyclic) bond motifs is 3. The molecule has 0 saturated heterocycles. The summed E-state index contributed by atoms with van der Waals surface area (Å²) in [6, 6.07) is 23.8. The first-order valence-corrected chi connectivity index (χ1v) is 10.6. The molecule has 1 radical (unpaired) electrons. The van der Waals surface area contributed by atoms with Crippen LogP contribution in [0.15, 0.2) is 97.3 Å². The Morgan fingerprint density at radius 2 is 0.917 bits per heavy atom.